The smallest absolute Gasteiger partial charge is 0.223 e. The third-order valence-corrected chi connectivity index (χ3v) is 4.84. The Hall–Kier alpha value is -3.32. The van der Waals surface area contributed by atoms with Crippen molar-refractivity contribution in [2.75, 3.05) is 12.4 Å². The van der Waals surface area contributed by atoms with Crippen LogP contribution >= 0.6 is 11.3 Å². The summed E-state index contributed by atoms with van der Waals surface area (Å²) in [5, 5.41) is 5.31. The summed E-state index contributed by atoms with van der Waals surface area (Å²) in [7, 11) is 1.66. The van der Waals surface area contributed by atoms with Gasteiger partial charge in [0.1, 0.15) is 5.75 Å². The quantitative estimate of drug-likeness (QED) is 0.542. The molecule has 0 aliphatic rings. The minimum atomic E-state index is 0.564. The second kappa shape index (κ2) is 7.92. The lowest BCUT2D eigenvalue weighted by molar-refractivity contribution is 0.414. The van der Waals surface area contributed by atoms with Crippen molar-refractivity contribution in [2.45, 2.75) is 6.54 Å². The Bertz CT molecular complexity index is 1020. The molecule has 4 aromatic rings. The van der Waals surface area contributed by atoms with Gasteiger partial charge in [0, 0.05) is 30.7 Å². The van der Waals surface area contributed by atoms with Gasteiger partial charge in [-0.15, -0.1) is 11.3 Å². The molecule has 0 fully saturated rings. The number of anilines is 1. The van der Waals surface area contributed by atoms with Gasteiger partial charge < -0.3 is 10.1 Å². The number of nitrogens with zero attached hydrogens (tertiary/aromatic N) is 4. The first-order chi connectivity index (χ1) is 13.3. The minimum Gasteiger partial charge on any atom is -0.497 e. The second-order valence-electron chi connectivity index (χ2n) is 5.73. The van der Waals surface area contributed by atoms with Crippen molar-refractivity contribution < 1.29 is 4.74 Å². The number of benzene rings is 1. The summed E-state index contributed by atoms with van der Waals surface area (Å²) in [6.45, 7) is 0.603. The summed E-state index contributed by atoms with van der Waals surface area (Å²) < 4.78 is 5.27. The summed E-state index contributed by atoms with van der Waals surface area (Å²) in [5.41, 5.74) is 3.54. The molecule has 0 aliphatic heterocycles. The maximum Gasteiger partial charge on any atom is 0.223 e. The molecule has 1 aromatic carbocycles. The van der Waals surface area contributed by atoms with E-state index in [2.05, 4.69) is 20.3 Å². The van der Waals surface area contributed by atoms with Gasteiger partial charge in [-0.2, -0.15) is 0 Å². The van der Waals surface area contributed by atoms with Crippen molar-refractivity contribution in [2.24, 2.45) is 0 Å². The fourth-order valence-corrected chi connectivity index (χ4v) is 3.39. The molecule has 27 heavy (non-hydrogen) atoms. The number of nitrogens with one attached hydrogen (secondary N) is 1. The van der Waals surface area contributed by atoms with Crippen LogP contribution in [0.3, 0.4) is 0 Å². The van der Waals surface area contributed by atoms with Crippen LogP contribution in [0.25, 0.3) is 21.8 Å². The molecule has 0 radical (unpaired) electrons. The first-order valence-electron chi connectivity index (χ1n) is 8.37. The minimum absolute atomic E-state index is 0.564. The van der Waals surface area contributed by atoms with Crippen LogP contribution in [0.5, 0.6) is 5.75 Å². The maximum absolute atomic E-state index is 5.27. The molecule has 3 aromatic heterocycles. The van der Waals surface area contributed by atoms with Crippen LogP contribution in [0.4, 0.5) is 5.95 Å². The van der Waals surface area contributed by atoms with Crippen LogP contribution < -0.4 is 10.1 Å². The molecular weight excluding hydrogens is 358 g/mol. The predicted octanol–water partition coefficient (Wildman–Crippen LogP) is 4.28. The molecule has 0 atom stereocenters. The van der Waals surface area contributed by atoms with Gasteiger partial charge in [0.15, 0.2) is 0 Å². The Morgan fingerprint density at radius 1 is 1.07 bits per heavy atom. The van der Waals surface area contributed by atoms with E-state index in [4.69, 9.17) is 9.72 Å². The van der Waals surface area contributed by atoms with Gasteiger partial charge in [0.25, 0.3) is 0 Å². The number of aromatic nitrogens is 4. The topological polar surface area (TPSA) is 72.8 Å². The molecule has 0 bridgehead atoms. The lowest BCUT2D eigenvalue weighted by atomic mass is 10.1. The van der Waals surface area contributed by atoms with E-state index in [0.717, 1.165) is 33.1 Å². The van der Waals surface area contributed by atoms with Crippen LogP contribution in [0.2, 0.25) is 0 Å². The van der Waals surface area contributed by atoms with Crippen molar-refractivity contribution in [1.82, 2.24) is 19.9 Å². The molecule has 0 spiro atoms. The summed E-state index contributed by atoms with van der Waals surface area (Å²) in [4.78, 5) is 18.8. The van der Waals surface area contributed by atoms with E-state index in [-0.39, 0.29) is 0 Å². The monoisotopic (exact) mass is 375 g/mol. The van der Waals surface area contributed by atoms with E-state index in [1.165, 1.54) is 0 Å². The van der Waals surface area contributed by atoms with Crippen molar-refractivity contribution in [3.05, 3.63) is 72.1 Å². The third-order valence-electron chi connectivity index (χ3n) is 3.97. The molecule has 4 rings (SSSR count). The van der Waals surface area contributed by atoms with Crippen molar-refractivity contribution in [3.8, 4) is 27.6 Å². The first kappa shape index (κ1) is 17.1. The lowest BCUT2D eigenvalue weighted by Crippen LogP contribution is -2.05. The number of ether oxygens (including phenoxy) is 1. The van der Waals surface area contributed by atoms with Gasteiger partial charge in [-0.25, -0.2) is 9.97 Å². The Kier molecular flexibility index (Phi) is 5.02. The molecule has 7 heteroatoms. The lowest BCUT2D eigenvalue weighted by Gasteiger charge is -2.10. The van der Waals surface area contributed by atoms with E-state index < -0.39 is 0 Å². The predicted molar refractivity (Wildman–Crippen MR) is 107 cm³/mol. The molecule has 0 unspecified atom stereocenters. The molecular formula is C20H17N5OS. The fraction of sp³-hybridized carbons (Fsp3) is 0.100. The molecule has 3 heterocycles. The SMILES string of the molecule is COc1cccc(CNc2ncc(-c3cnccn3)c(-c3cccs3)n2)c1. The highest BCUT2D eigenvalue weighted by molar-refractivity contribution is 7.13. The highest BCUT2D eigenvalue weighted by Crippen LogP contribution is 2.32. The standard InChI is InChI=1S/C20H17N5OS/c1-26-15-5-2-4-14(10-15)11-23-20-24-12-16(17-13-21-7-8-22-17)19(25-20)18-6-3-9-27-18/h2-10,12-13H,11H2,1H3,(H,23,24,25). The third kappa shape index (κ3) is 3.93. The van der Waals surface area contributed by atoms with Gasteiger partial charge in [0.05, 0.1) is 29.6 Å². The van der Waals surface area contributed by atoms with Crippen molar-refractivity contribution in [1.29, 1.82) is 0 Å². The summed E-state index contributed by atoms with van der Waals surface area (Å²) in [6.07, 6.45) is 6.83. The Morgan fingerprint density at radius 3 is 2.81 bits per heavy atom. The number of rotatable bonds is 6. The van der Waals surface area contributed by atoms with Crippen LogP contribution in [-0.4, -0.2) is 27.0 Å². The Labute approximate surface area is 161 Å². The molecule has 0 saturated carbocycles. The van der Waals surface area contributed by atoms with E-state index in [1.54, 1.807) is 43.2 Å². The van der Waals surface area contributed by atoms with Crippen LogP contribution in [0, 0.1) is 0 Å². The van der Waals surface area contributed by atoms with E-state index in [1.807, 2.05) is 41.8 Å². The van der Waals surface area contributed by atoms with Crippen LogP contribution in [0.15, 0.2) is 66.6 Å². The zero-order valence-electron chi connectivity index (χ0n) is 14.7. The summed E-state index contributed by atoms with van der Waals surface area (Å²) >= 11 is 1.63. The van der Waals surface area contributed by atoms with Crippen molar-refractivity contribution in [3.63, 3.8) is 0 Å². The average Bonchev–Trinajstić information content (AvgIpc) is 3.28. The number of methoxy groups -OCH3 is 1. The molecule has 0 amide bonds. The van der Waals surface area contributed by atoms with Crippen molar-refractivity contribution >= 4 is 17.3 Å². The van der Waals surface area contributed by atoms with Gasteiger partial charge in [-0.05, 0) is 29.1 Å². The maximum atomic E-state index is 5.27. The first-order valence-corrected chi connectivity index (χ1v) is 9.25. The van der Waals surface area contributed by atoms with E-state index in [0.29, 0.717) is 12.5 Å². The normalized spacial score (nSPS) is 10.6. The van der Waals surface area contributed by atoms with E-state index >= 15 is 0 Å². The van der Waals surface area contributed by atoms with Gasteiger partial charge in [-0.1, -0.05) is 18.2 Å². The van der Waals surface area contributed by atoms with Crippen LogP contribution in [-0.2, 0) is 6.54 Å². The van der Waals surface area contributed by atoms with Gasteiger partial charge in [0.2, 0.25) is 5.95 Å². The highest BCUT2D eigenvalue weighted by atomic mass is 32.1. The molecule has 134 valence electrons. The number of hydrogen-bond acceptors (Lipinski definition) is 7. The highest BCUT2D eigenvalue weighted by Gasteiger charge is 2.13. The van der Waals surface area contributed by atoms with Gasteiger partial charge >= 0.3 is 0 Å². The number of thiophene rings is 1. The summed E-state index contributed by atoms with van der Waals surface area (Å²) in [5.74, 6) is 1.39. The molecule has 1 N–H and O–H groups in total. The Balaban J connectivity index is 1.64. The average molecular weight is 375 g/mol. The van der Waals surface area contributed by atoms with Crippen LogP contribution in [0.1, 0.15) is 5.56 Å². The molecule has 0 saturated heterocycles. The van der Waals surface area contributed by atoms with Gasteiger partial charge in [-0.3, -0.25) is 9.97 Å². The number of hydrogen-bond donors (Lipinski definition) is 1. The molecule has 6 nitrogen and oxygen atoms in total. The van der Waals surface area contributed by atoms with E-state index in [9.17, 15) is 0 Å². The zero-order chi connectivity index (χ0) is 18.5. The fourth-order valence-electron chi connectivity index (χ4n) is 2.66. The summed E-state index contributed by atoms with van der Waals surface area (Å²) in [6, 6.07) is 11.9. The Morgan fingerprint density at radius 2 is 2.04 bits per heavy atom. The largest absolute Gasteiger partial charge is 0.497 e. The zero-order valence-corrected chi connectivity index (χ0v) is 15.5. The second-order valence-corrected chi connectivity index (χ2v) is 6.68. The molecule has 0 aliphatic carbocycles.